The molecular weight excluding hydrogens is 512 g/mol. The lowest BCUT2D eigenvalue weighted by molar-refractivity contribution is 1.18. The van der Waals surface area contributed by atoms with Crippen LogP contribution in [0.2, 0.25) is 0 Å². The Morgan fingerprint density at radius 3 is 1.74 bits per heavy atom. The fourth-order valence-corrected chi connectivity index (χ4v) is 6.36. The maximum absolute atomic E-state index is 7.69. The Balaban J connectivity index is 1.42. The van der Waals surface area contributed by atoms with E-state index in [1.54, 1.807) is 0 Å². The normalized spacial score (nSPS) is 11.3. The molecule has 8 rings (SSSR count). The standard InChI is InChI=1S/C38H22N4/c1-39-26-11-8-13-29(23-26)42-36-21-20-27(40-2)24-33(36)38-30(16-9-19-37(38)42)25-10-7-12-28(22-25)41-34-17-5-3-14-31(34)32-15-4-6-18-35(32)41/h3-24H. The van der Waals surface area contributed by atoms with Gasteiger partial charge in [-0.15, -0.1) is 0 Å². The molecule has 42 heavy (non-hydrogen) atoms. The molecule has 0 bridgehead atoms. The molecular formula is C38H22N4. The van der Waals surface area contributed by atoms with Crippen LogP contribution in [-0.4, -0.2) is 9.13 Å². The number of aromatic nitrogens is 2. The third kappa shape index (κ3) is 3.47. The van der Waals surface area contributed by atoms with Crippen LogP contribution in [0.1, 0.15) is 0 Å². The third-order valence-electron chi connectivity index (χ3n) is 8.12. The van der Waals surface area contributed by atoms with Crippen LogP contribution in [-0.2, 0) is 0 Å². The van der Waals surface area contributed by atoms with Gasteiger partial charge in [0.15, 0.2) is 11.4 Å². The van der Waals surface area contributed by atoms with Crippen LogP contribution in [0.5, 0.6) is 0 Å². The Labute approximate surface area is 242 Å². The number of benzene rings is 6. The van der Waals surface area contributed by atoms with Gasteiger partial charge in [0.05, 0.1) is 35.2 Å². The molecule has 6 aromatic carbocycles. The highest BCUT2D eigenvalue weighted by atomic mass is 15.0. The van der Waals surface area contributed by atoms with Gasteiger partial charge in [0, 0.05) is 27.5 Å². The quantitative estimate of drug-likeness (QED) is 0.201. The summed E-state index contributed by atoms with van der Waals surface area (Å²) in [7, 11) is 0. The first-order valence-corrected chi connectivity index (χ1v) is 13.8. The van der Waals surface area contributed by atoms with E-state index in [1.807, 2.05) is 42.5 Å². The maximum Gasteiger partial charge on any atom is 0.189 e. The summed E-state index contributed by atoms with van der Waals surface area (Å²) in [6.45, 7) is 15.2. The van der Waals surface area contributed by atoms with Crippen LogP contribution < -0.4 is 0 Å². The van der Waals surface area contributed by atoms with Gasteiger partial charge < -0.3 is 9.13 Å². The Hall–Kier alpha value is -6.10. The molecule has 0 spiro atoms. The number of hydrogen-bond donors (Lipinski definition) is 0. The summed E-state index contributed by atoms with van der Waals surface area (Å²) in [5.41, 5.74) is 9.80. The van der Waals surface area contributed by atoms with Crippen LogP contribution in [0, 0.1) is 13.1 Å². The van der Waals surface area contributed by atoms with Gasteiger partial charge in [-0.05, 0) is 71.1 Å². The third-order valence-corrected chi connectivity index (χ3v) is 8.12. The summed E-state index contributed by atoms with van der Waals surface area (Å²) in [4.78, 5) is 7.41. The number of hydrogen-bond acceptors (Lipinski definition) is 0. The van der Waals surface area contributed by atoms with Gasteiger partial charge in [0.1, 0.15) is 0 Å². The summed E-state index contributed by atoms with van der Waals surface area (Å²) in [5.74, 6) is 0. The van der Waals surface area contributed by atoms with Crippen LogP contribution in [0.25, 0.3) is 75.8 Å². The van der Waals surface area contributed by atoms with E-state index in [1.165, 1.54) is 21.8 Å². The van der Waals surface area contributed by atoms with Crippen molar-refractivity contribution in [2.45, 2.75) is 0 Å². The Morgan fingerprint density at radius 2 is 1.00 bits per heavy atom. The molecule has 0 amide bonds. The van der Waals surface area contributed by atoms with Crippen LogP contribution in [0.4, 0.5) is 11.4 Å². The van der Waals surface area contributed by atoms with E-state index in [0.29, 0.717) is 11.4 Å². The summed E-state index contributed by atoms with van der Waals surface area (Å²) >= 11 is 0. The number of para-hydroxylation sites is 2. The molecule has 0 saturated carbocycles. The van der Waals surface area contributed by atoms with Crippen molar-refractivity contribution in [1.82, 2.24) is 9.13 Å². The second kappa shape index (κ2) is 9.24. The zero-order chi connectivity index (χ0) is 28.2. The molecule has 0 saturated heterocycles. The van der Waals surface area contributed by atoms with E-state index >= 15 is 0 Å². The minimum absolute atomic E-state index is 0.593. The average molecular weight is 535 g/mol. The molecule has 0 radical (unpaired) electrons. The zero-order valence-corrected chi connectivity index (χ0v) is 22.5. The smallest absolute Gasteiger partial charge is 0.189 e. The molecule has 194 valence electrons. The summed E-state index contributed by atoms with van der Waals surface area (Å²) in [6.07, 6.45) is 0. The van der Waals surface area contributed by atoms with Gasteiger partial charge in [0.2, 0.25) is 0 Å². The molecule has 8 aromatic rings. The lowest BCUT2D eigenvalue weighted by atomic mass is 9.98. The molecule has 0 atom stereocenters. The van der Waals surface area contributed by atoms with Crippen molar-refractivity contribution >= 4 is 55.0 Å². The molecule has 4 heteroatoms. The topological polar surface area (TPSA) is 18.6 Å². The minimum Gasteiger partial charge on any atom is -0.311 e. The van der Waals surface area contributed by atoms with Gasteiger partial charge in [-0.2, -0.15) is 0 Å². The molecule has 0 aliphatic carbocycles. The molecule has 2 heterocycles. The van der Waals surface area contributed by atoms with Crippen LogP contribution in [0.3, 0.4) is 0 Å². The molecule has 0 aliphatic heterocycles. The average Bonchev–Trinajstić information content (AvgIpc) is 3.57. The lowest BCUT2D eigenvalue weighted by Crippen LogP contribution is -1.94. The van der Waals surface area contributed by atoms with E-state index in [4.69, 9.17) is 13.1 Å². The molecule has 2 aromatic heterocycles. The van der Waals surface area contributed by atoms with Crippen molar-refractivity contribution in [2.24, 2.45) is 0 Å². The first kappa shape index (κ1) is 23.8. The number of fused-ring (bicyclic) bond motifs is 6. The van der Waals surface area contributed by atoms with Gasteiger partial charge in [-0.25, -0.2) is 9.69 Å². The van der Waals surface area contributed by atoms with E-state index in [2.05, 4.69) is 110 Å². The number of nitrogens with zero attached hydrogens (tertiary/aromatic N) is 4. The Kier molecular flexibility index (Phi) is 5.22. The fourth-order valence-electron chi connectivity index (χ4n) is 6.36. The first-order valence-electron chi connectivity index (χ1n) is 13.8. The summed E-state index contributed by atoms with van der Waals surface area (Å²) < 4.78 is 4.54. The highest BCUT2D eigenvalue weighted by Crippen LogP contribution is 2.41. The van der Waals surface area contributed by atoms with Gasteiger partial charge in [-0.3, -0.25) is 0 Å². The first-order chi connectivity index (χ1) is 20.7. The van der Waals surface area contributed by atoms with Crippen molar-refractivity contribution < 1.29 is 0 Å². The highest BCUT2D eigenvalue weighted by Gasteiger charge is 2.18. The van der Waals surface area contributed by atoms with Crippen molar-refractivity contribution in [1.29, 1.82) is 0 Å². The maximum atomic E-state index is 7.69. The van der Waals surface area contributed by atoms with Gasteiger partial charge in [0.25, 0.3) is 0 Å². The Bertz CT molecular complexity index is 2390. The molecule has 0 fully saturated rings. The van der Waals surface area contributed by atoms with E-state index in [-0.39, 0.29) is 0 Å². The summed E-state index contributed by atoms with van der Waals surface area (Å²) in [6, 6.07) is 45.8. The Morgan fingerprint density at radius 1 is 0.429 bits per heavy atom. The van der Waals surface area contributed by atoms with Gasteiger partial charge in [-0.1, -0.05) is 78.9 Å². The van der Waals surface area contributed by atoms with E-state index in [0.717, 1.165) is 44.3 Å². The number of rotatable bonds is 3. The van der Waals surface area contributed by atoms with Crippen molar-refractivity contribution in [3.8, 4) is 22.5 Å². The molecule has 0 unspecified atom stereocenters. The predicted octanol–water partition coefficient (Wildman–Crippen LogP) is 10.6. The van der Waals surface area contributed by atoms with Gasteiger partial charge >= 0.3 is 0 Å². The second-order valence-corrected chi connectivity index (χ2v) is 10.4. The summed E-state index contributed by atoms with van der Waals surface area (Å²) in [5, 5.41) is 4.57. The van der Waals surface area contributed by atoms with Crippen molar-refractivity contribution in [2.75, 3.05) is 0 Å². The van der Waals surface area contributed by atoms with Crippen LogP contribution in [0.15, 0.2) is 133 Å². The highest BCUT2D eigenvalue weighted by molar-refractivity contribution is 6.16. The minimum atomic E-state index is 0.593. The largest absolute Gasteiger partial charge is 0.311 e. The molecule has 4 nitrogen and oxygen atoms in total. The monoisotopic (exact) mass is 534 g/mol. The van der Waals surface area contributed by atoms with E-state index in [9.17, 15) is 0 Å². The molecule has 0 aliphatic rings. The fraction of sp³-hybridized carbons (Fsp3) is 0. The van der Waals surface area contributed by atoms with Crippen molar-refractivity contribution in [3.63, 3.8) is 0 Å². The molecule has 0 N–H and O–H groups in total. The zero-order valence-electron chi connectivity index (χ0n) is 22.5. The van der Waals surface area contributed by atoms with E-state index < -0.39 is 0 Å². The SMILES string of the molecule is [C-]#[N+]c1cccc(-n2c3ccc([N+]#[C-])cc3c3c(-c4cccc(-n5c6ccccc6c6ccccc65)c4)cccc32)c1. The second-order valence-electron chi connectivity index (χ2n) is 10.4. The predicted molar refractivity (Wildman–Crippen MR) is 173 cm³/mol. The van der Waals surface area contributed by atoms with Crippen LogP contribution >= 0.6 is 0 Å². The lowest BCUT2D eigenvalue weighted by Gasteiger charge is -2.12. The van der Waals surface area contributed by atoms with Crippen molar-refractivity contribution in [3.05, 3.63) is 156 Å².